The summed E-state index contributed by atoms with van der Waals surface area (Å²) in [6.07, 6.45) is 10.1. The zero-order valence-electron chi connectivity index (χ0n) is 47.0. The van der Waals surface area contributed by atoms with Crippen LogP contribution >= 0.6 is 0 Å². The highest BCUT2D eigenvalue weighted by Gasteiger charge is 2.47. The molecule has 0 bridgehead atoms. The zero-order chi connectivity index (χ0) is 55.3. The fourth-order valence-electron chi connectivity index (χ4n) is 8.19. The Morgan fingerprint density at radius 1 is 0.767 bits per heavy atom. The molecule has 2 aromatic rings. The SMILES string of the molecule is COc1ccc(CO[C@@H]([C@@H](C)/C=C\[C@H](C[C@H](O[Si](C)(C)C(C)(C)C)[C@H](C)/C=C/COS(=O)(=O)C(F)(F)F)O[Si](C)(C)C(C)(C)C)[C@@H](C)C[C@@H](C)/C=C/C(=O)[C@H](C)[C@H]2O[C@@H](c3ccc(OC)cc3)OC[C@@H]2C)cc1. The summed E-state index contributed by atoms with van der Waals surface area (Å²) in [6.45, 7) is 34.0. The van der Waals surface area contributed by atoms with Crippen LogP contribution in [-0.4, -0.2) is 88.2 Å². The molecule has 73 heavy (non-hydrogen) atoms. The average molecular weight is 1080 g/mol. The van der Waals surface area contributed by atoms with Gasteiger partial charge in [-0.25, -0.2) is 0 Å². The van der Waals surface area contributed by atoms with E-state index in [-0.39, 0.29) is 57.7 Å². The summed E-state index contributed by atoms with van der Waals surface area (Å²) in [6, 6.07) is 15.4. The van der Waals surface area contributed by atoms with E-state index in [1.54, 1.807) is 26.4 Å². The summed E-state index contributed by atoms with van der Waals surface area (Å²) in [7, 11) is -7.34. The van der Waals surface area contributed by atoms with Crippen molar-refractivity contribution in [3.8, 4) is 11.5 Å². The molecule has 1 aliphatic heterocycles. The van der Waals surface area contributed by atoms with Gasteiger partial charge in [-0.05, 0) is 96.3 Å². The van der Waals surface area contributed by atoms with Crippen LogP contribution in [0.15, 0.2) is 85.0 Å². The fourth-order valence-corrected chi connectivity index (χ4v) is 11.3. The van der Waals surface area contributed by atoms with Gasteiger partial charge < -0.3 is 32.5 Å². The van der Waals surface area contributed by atoms with Gasteiger partial charge in [0.1, 0.15) is 11.5 Å². The smallest absolute Gasteiger partial charge is 0.497 e. The van der Waals surface area contributed by atoms with Gasteiger partial charge >= 0.3 is 15.6 Å². The second-order valence-electron chi connectivity index (χ2n) is 23.2. The fraction of sp³-hybridized carbons (Fsp3) is 0.661. The molecule has 0 aromatic heterocycles. The Labute approximate surface area is 439 Å². The molecule has 1 aliphatic rings. The molecule has 17 heteroatoms. The third kappa shape index (κ3) is 19.4. The van der Waals surface area contributed by atoms with E-state index in [9.17, 15) is 26.4 Å². The Kier molecular flexibility index (Phi) is 24.0. The monoisotopic (exact) mass is 1080 g/mol. The van der Waals surface area contributed by atoms with Crippen LogP contribution in [0.5, 0.6) is 11.5 Å². The van der Waals surface area contributed by atoms with Gasteiger partial charge in [0.2, 0.25) is 0 Å². The highest BCUT2D eigenvalue weighted by molar-refractivity contribution is 7.87. The number of methoxy groups -OCH3 is 2. The summed E-state index contributed by atoms with van der Waals surface area (Å²) >= 11 is 0. The number of ether oxygens (including phenoxy) is 5. The summed E-state index contributed by atoms with van der Waals surface area (Å²) in [5, 5.41) is -0.300. The molecule has 2 aromatic carbocycles. The Morgan fingerprint density at radius 2 is 1.32 bits per heavy atom. The molecular weight excluding hydrogens is 994 g/mol. The van der Waals surface area contributed by atoms with Crippen LogP contribution in [0.2, 0.25) is 36.3 Å². The maximum absolute atomic E-state index is 13.8. The number of hydrogen-bond donors (Lipinski definition) is 0. The van der Waals surface area contributed by atoms with Crippen molar-refractivity contribution in [3.05, 3.63) is 96.1 Å². The standard InChI is InChI=1S/C56H89F3O11SSi2/c1-38(21-32-49(60)43(6)52-42(5)36-66-53(68-52)45-25-30-47(64-14)31-26-45)34-41(4)51(65-37-44-23-28-46(63-13)29-24-44)40(3)22-27-48(69-72(15,16)54(7,8)9)35-50(70-73(17,18)55(10,11)12)39(2)20-19-33-67-71(61,62)56(57,58)59/h19-32,38-43,48,50-53H,33-37H2,1-18H3/b20-19+,27-22-,32-21+/t38-,39+,40-,41-,42-,43-,48+,50-,51-,52-,53-/m0/s1. The maximum atomic E-state index is 13.8. The normalized spacial score (nSPS) is 21.2. The minimum absolute atomic E-state index is 0.00788. The van der Waals surface area contributed by atoms with Crippen LogP contribution in [0, 0.1) is 35.5 Å². The molecule has 11 nitrogen and oxygen atoms in total. The third-order valence-corrected chi connectivity index (χ3v) is 24.9. The topological polar surface area (TPSA) is 125 Å². The van der Waals surface area contributed by atoms with Crippen molar-refractivity contribution in [2.24, 2.45) is 35.5 Å². The van der Waals surface area contributed by atoms with E-state index in [1.807, 2.05) is 75.4 Å². The number of rotatable bonds is 27. The van der Waals surface area contributed by atoms with Gasteiger partial charge in [-0.3, -0.25) is 8.98 Å². The molecule has 3 rings (SSSR count). The highest BCUT2D eigenvalue weighted by Crippen LogP contribution is 2.42. The lowest BCUT2D eigenvalue weighted by Crippen LogP contribution is -2.48. The quantitative estimate of drug-likeness (QED) is 0.0279. The molecule has 414 valence electrons. The van der Waals surface area contributed by atoms with Crippen molar-refractivity contribution in [1.29, 1.82) is 0 Å². The molecule has 1 heterocycles. The van der Waals surface area contributed by atoms with Crippen LogP contribution in [-0.2, 0) is 48.8 Å². The van der Waals surface area contributed by atoms with Crippen LogP contribution in [0.25, 0.3) is 0 Å². The van der Waals surface area contributed by atoms with E-state index in [2.05, 4.69) is 105 Å². The van der Waals surface area contributed by atoms with Gasteiger partial charge in [-0.1, -0.05) is 138 Å². The molecule has 0 amide bonds. The summed E-state index contributed by atoms with van der Waals surface area (Å²) in [5.41, 5.74) is -3.66. The highest BCUT2D eigenvalue weighted by atomic mass is 32.2. The summed E-state index contributed by atoms with van der Waals surface area (Å²) < 4.78 is 111. The Hall–Kier alpha value is -3.14. The molecule has 0 spiro atoms. The first-order valence-electron chi connectivity index (χ1n) is 25.7. The van der Waals surface area contributed by atoms with Crippen LogP contribution in [0.3, 0.4) is 0 Å². The van der Waals surface area contributed by atoms with Crippen LogP contribution in [0.1, 0.15) is 113 Å². The van der Waals surface area contributed by atoms with Crippen molar-refractivity contribution < 1.29 is 63.1 Å². The van der Waals surface area contributed by atoms with Gasteiger partial charge in [-0.2, -0.15) is 21.6 Å². The van der Waals surface area contributed by atoms with Crippen LogP contribution in [0.4, 0.5) is 13.2 Å². The van der Waals surface area contributed by atoms with Gasteiger partial charge in [0.05, 0.1) is 58.5 Å². The number of allylic oxidation sites excluding steroid dienone is 2. The molecule has 0 saturated carbocycles. The number of alkyl halides is 3. The minimum Gasteiger partial charge on any atom is -0.497 e. The Balaban J connectivity index is 1.93. The Bertz CT molecular complexity index is 2200. The first-order valence-corrected chi connectivity index (χ1v) is 32.9. The summed E-state index contributed by atoms with van der Waals surface area (Å²) in [5.74, 6) is 0.719. The molecular formula is C56H89F3O11SSi2. The number of hydrogen-bond acceptors (Lipinski definition) is 11. The van der Waals surface area contributed by atoms with Crippen molar-refractivity contribution in [3.63, 3.8) is 0 Å². The molecule has 1 fully saturated rings. The minimum atomic E-state index is -5.75. The molecule has 0 unspecified atom stereocenters. The first kappa shape index (κ1) is 64.2. The predicted octanol–water partition coefficient (Wildman–Crippen LogP) is 14.2. The molecule has 0 aliphatic carbocycles. The second kappa shape index (κ2) is 27.3. The lowest BCUT2D eigenvalue weighted by Gasteiger charge is -2.43. The van der Waals surface area contributed by atoms with E-state index >= 15 is 0 Å². The van der Waals surface area contributed by atoms with Crippen molar-refractivity contribution in [1.82, 2.24) is 0 Å². The van der Waals surface area contributed by atoms with Gasteiger partial charge in [0, 0.05) is 29.7 Å². The van der Waals surface area contributed by atoms with E-state index in [1.165, 1.54) is 6.08 Å². The Morgan fingerprint density at radius 3 is 1.85 bits per heavy atom. The second-order valence-corrected chi connectivity index (χ2v) is 34.3. The van der Waals surface area contributed by atoms with E-state index in [4.69, 9.17) is 32.5 Å². The van der Waals surface area contributed by atoms with E-state index in [0.717, 1.165) is 29.0 Å². The molecule has 1 saturated heterocycles. The molecule has 11 atom stereocenters. The van der Waals surface area contributed by atoms with E-state index < -0.39 is 63.3 Å². The first-order chi connectivity index (χ1) is 33.6. The summed E-state index contributed by atoms with van der Waals surface area (Å²) in [4.78, 5) is 13.8. The largest absolute Gasteiger partial charge is 0.523 e. The molecule has 0 radical (unpaired) electrons. The van der Waals surface area contributed by atoms with Gasteiger partial charge in [0.25, 0.3) is 0 Å². The molecule has 0 N–H and O–H groups in total. The van der Waals surface area contributed by atoms with Crippen molar-refractivity contribution >= 4 is 32.5 Å². The lowest BCUT2D eigenvalue weighted by atomic mass is 9.85. The number of benzene rings is 2. The lowest BCUT2D eigenvalue weighted by molar-refractivity contribution is -0.247. The van der Waals surface area contributed by atoms with Gasteiger partial charge in [0.15, 0.2) is 28.7 Å². The van der Waals surface area contributed by atoms with Crippen molar-refractivity contribution in [2.75, 3.05) is 27.4 Å². The maximum Gasteiger partial charge on any atom is 0.523 e. The van der Waals surface area contributed by atoms with Crippen molar-refractivity contribution in [2.45, 2.75) is 175 Å². The van der Waals surface area contributed by atoms with Crippen LogP contribution < -0.4 is 9.47 Å². The number of carbonyl (C=O) groups excluding carboxylic acids is 1. The average Bonchev–Trinajstić information content (AvgIpc) is 3.30. The van der Waals surface area contributed by atoms with Gasteiger partial charge in [-0.15, -0.1) is 0 Å². The zero-order valence-corrected chi connectivity index (χ0v) is 49.8. The number of carbonyl (C=O) groups is 1. The predicted molar refractivity (Wildman–Crippen MR) is 290 cm³/mol. The third-order valence-electron chi connectivity index (χ3n) is 14.9. The number of halogens is 3. The van der Waals surface area contributed by atoms with E-state index in [0.29, 0.717) is 19.6 Å². The number of ketones is 1.